The highest BCUT2D eigenvalue weighted by Crippen LogP contribution is 2.24. The number of amides is 1. The second-order valence-corrected chi connectivity index (χ2v) is 5.00. The molecular formula is C12H10ClN5O3. The number of rotatable bonds is 2. The summed E-state index contributed by atoms with van der Waals surface area (Å²) in [6, 6.07) is 3.83. The molecule has 1 amide bonds. The summed E-state index contributed by atoms with van der Waals surface area (Å²) in [5.41, 5.74) is 0.102. The average molecular weight is 308 g/mol. The standard InChI is InChI=1S/C12H10ClN5O3/c13-10-5-8(18(20)21)1-2-9(10)12(19)16-3-4-17-7-14-15-11(17)6-16/h1-2,5,7H,3-4,6H2. The Bertz CT molecular complexity index is 729. The van der Waals surface area contributed by atoms with Crippen LogP contribution in [0.5, 0.6) is 0 Å². The number of benzene rings is 1. The van der Waals surface area contributed by atoms with E-state index in [9.17, 15) is 14.9 Å². The number of non-ortho nitro benzene ring substituents is 1. The van der Waals surface area contributed by atoms with Crippen LogP contribution in [0.1, 0.15) is 16.2 Å². The maximum absolute atomic E-state index is 12.4. The van der Waals surface area contributed by atoms with Crippen LogP contribution >= 0.6 is 11.6 Å². The van der Waals surface area contributed by atoms with Crippen molar-refractivity contribution in [2.24, 2.45) is 0 Å². The van der Waals surface area contributed by atoms with Gasteiger partial charge in [-0.15, -0.1) is 10.2 Å². The molecule has 0 N–H and O–H groups in total. The van der Waals surface area contributed by atoms with Crippen LogP contribution in [0.15, 0.2) is 24.5 Å². The van der Waals surface area contributed by atoms with Gasteiger partial charge >= 0.3 is 0 Å². The Balaban J connectivity index is 1.85. The third kappa shape index (κ3) is 2.45. The SMILES string of the molecule is O=C(c1ccc([N+](=O)[O-])cc1Cl)N1CCn2cnnc2C1. The van der Waals surface area contributed by atoms with Crippen molar-refractivity contribution in [3.8, 4) is 0 Å². The first-order valence-corrected chi connectivity index (χ1v) is 6.54. The number of carbonyl (C=O) groups excluding carboxylic acids is 1. The molecule has 0 spiro atoms. The molecule has 1 aromatic heterocycles. The quantitative estimate of drug-likeness (QED) is 0.619. The number of nitro benzene ring substituents is 1. The molecule has 0 radical (unpaired) electrons. The van der Waals surface area contributed by atoms with Crippen molar-refractivity contribution in [3.63, 3.8) is 0 Å². The van der Waals surface area contributed by atoms with Gasteiger partial charge in [-0.1, -0.05) is 11.6 Å². The molecule has 0 saturated carbocycles. The minimum Gasteiger partial charge on any atom is -0.329 e. The van der Waals surface area contributed by atoms with Crippen LogP contribution < -0.4 is 0 Å². The Hall–Kier alpha value is -2.48. The Labute approximate surface area is 124 Å². The zero-order chi connectivity index (χ0) is 15.0. The minimum atomic E-state index is -0.552. The molecule has 108 valence electrons. The monoisotopic (exact) mass is 307 g/mol. The van der Waals surface area contributed by atoms with Gasteiger partial charge in [-0.2, -0.15) is 0 Å². The highest BCUT2D eigenvalue weighted by atomic mass is 35.5. The molecule has 1 aliphatic rings. The van der Waals surface area contributed by atoms with Crippen LogP contribution in [-0.2, 0) is 13.1 Å². The summed E-state index contributed by atoms with van der Waals surface area (Å²) in [5, 5.41) is 18.5. The summed E-state index contributed by atoms with van der Waals surface area (Å²) in [7, 11) is 0. The van der Waals surface area contributed by atoms with Crippen molar-refractivity contribution >= 4 is 23.2 Å². The van der Waals surface area contributed by atoms with Gasteiger partial charge in [0, 0.05) is 25.2 Å². The fourth-order valence-corrected chi connectivity index (χ4v) is 2.46. The van der Waals surface area contributed by atoms with Gasteiger partial charge in [-0.3, -0.25) is 14.9 Å². The minimum absolute atomic E-state index is 0.0706. The molecule has 2 heterocycles. The van der Waals surface area contributed by atoms with Crippen molar-refractivity contribution in [1.82, 2.24) is 19.7 Å². The van der Waals surface area contributed by atoms with Gasteiger partial charge in [0.05, 0.1) is 22.1 Å². The second kappa shape index (κ2) is 5.13. The molecule has 1 aromatic carbocycles. The lowest BCUT2D eigenvalue weighted by atomic mass is 10.1. The maximum Gasteiger partial charge on any atom is 0.270 e. The van der Waals surface area contributed by atoms with Crippen LogP contribution in [0.2, 0.25) is 5.02 Å². The summed E-state index contributed by atoms with van der Waals surface area (Å²) in [5.74, 6) is 0.428. The Morgan fingerprint density at radius 1 is 1.38 bits per heavy atom. The lowest BCUT2D eigenvalue weighted by molar-refractivity contribution is -0.384. The van der Waals surface area contributed by atoms with E-state index in [1.807, 2.05) is 4.57 Å². The molecule has 0 aliphatic carbocycles. The van der Waals surface area contributed by atoms with Crippen molar-refractivity contribution in [3.05, 3.63) is 51.1 Å². The van der Waals surface area contributed by atoms with Crippen molar-refractivity contribution in [2.45, 2.75) is 13.1 Å². The average Bonchev–Trinajstić information content (AvgIpc) is 2.93. The number of hydrogen-bond acceptors (Lipinski definition) is 5. The van der Waals surface area contributed by atoms with Gasteiger partial charge in [0.15, 0.2) is 5.82 Å². The van der Waals surface area contributed by atoms with Gasteiger partial charge in [0.1, 0.15) is 6.33 Å². The largest absolute Gasteiger partial charge is 0.329 e. The number of carbonyl (C=O) groups is 1. The first kappa shape index (κ1) is 13.5. The molecule has 9 heteroatoms. The van der Waals surface area contributed by atoms with Gasteiger partial charge < -0.3 is 9.47 Å². The first-order valence-electron chi connectivity index (χ1n) is 6.16. The highest BCUT2D eigenvalue weighted by molar-refractivity contribution is 6.34. The van der Waals surface area contributed by atoms with E-state index in [0.29, 0.717) is 25.5 Å². The van der Waals surface area contributed by atoms with E-state index < -0.39 is 4.92 Å². The number of fused-ring (bicyclic) bond motifs is 1. The molecule has 0 atom stereocenters. The van der Waals surface area contributed by atoms with Gasteiger partial charge in [-0.05, 0) is 6.07 Å². The number of halogens is 1. The van der Waals surface area contributed by atoms with Gasteiger partial charge in [0.2, 0.25) is 0 Å². The van der Waals surface area contributed by atoms with E-state index in [4.69, 9.17) is 11.6 Å². The van der Waals surface area contributed by atoms with Gasteiger partial charge in [0.25, 0.3) is 11.6 Å². The molecule has 0 fully saturated rings. The molecule has 1 aliphatic heterocycles. The lowest BCUT2D eigenvalue weighted by Gasteiger charge is -2.27. The maximum atomic E-state index is 12.4. The zero-order valence-electron chi connectivity index (χ0n) is 10.8. The molecule has 3 rings (SSSR count). The van der Waals surface area contributed by atoms with Gasteiger partial charge in [-0.25, -0.2) is 0 Å². The fraction of sp³-hybridized carbons (Fsp3) is 0.250. The van der Waals surface area contributed by atoms with Crippen LogP contribution in [-0.4, -0.2) is 37.0 Å². The summed E-state index contributed by atoms with van der Waals surface area (Å²) in [4.78, 5) is 24.2. The first-order chi connectivity index (χ1) is 10.1. The third-order valence-corrected chi connectivity index (χ3v) is 3.63. The molecular weight excluding hydrogens is 298 g/mol. The Kier molecular flexibility index (Phi) is 3.30. The Morgan fingerprint density at radius 2 is 2.19 bits per heavy atom. The lowest BCUT2D eigenvalue weighted by Crippen LogP contribution is -2.38. The van der Waals surface area contributed by atoms with E-state index in [1.165, 1.54) is 18.2 Å². The number of aromatic nitrogens is 3. The van der Waals surface area contributed by atoms with E-state index >= 15 is 0 Å². The van der Waals surface area contributed by atoms with E-state index in [0.717, 1.165) is 0 Å². The van der Waals surface area contributed by atoms with Crippen LogP contribution in [0.3, 0.4) is 0 Å². The van der Waals surface area contributed by atoms with Crippen LogP contribution in [0, 0.1) is 10.1 Å². The number of hydrogen-bond donors (Lipinski definition) is 0. The van der Waals surface area contributed by atoms with Crippen molar-refractivity contribution in [2.75, 3.05) is 6.54 Å². The third-order valence-electron chi connectivity index (χ3n) is 3.32. The normalized spacial score (nSPS) is 13.9. The molecule has 0 unspecified atom stereocenters. The zero-order valence-corrected chi connectivity index (χ0v) is 11.5. The predicted octanol–water partition coefficient (Wildman–Crippen LogP) is 1.50. The molecule has 8 nitrogen and oxygen atoms in total. The molecule has 0 bridgehead atoms. The highest BCUT2D eigenvalue weighted by Gasteiger charge is 2.25. The number of nitro groups is 1. The predicted molar refractivity (Wildman–Crippen MR) is 72.9 cm³/mol. The van der Waals surface area contributed by atoms with Crippen LogP contribution in [0.25, 0.3) is 0 Å². The Morgan fingerprint density at radius 3 is 2.90 bits per heavy atom. The van der Waals surface area contributed by atoms with E-state index in [-0.39, 0.29) is 22.2 Å². The van der Waals surface area contributed by atoms with E-state index in [1.54, 1.807) is 11.2 Å². The molecule has 2 aromatic rings. The fourth-order valence-electron chi connectivity index (χ4n) is 2.20. The topological polar surface area (TPSA) is 94.2 Å². The summed E-state index contributed by atoms with van der Waals surface area (Å²) in [6.45, 7) is 1.46. The van der Waals surface area contributed by atoms with E-state index in [2.05, 4.69) is 10.2 Å². The molecule has 21 heavy (non-hydrogen) atoms. The van der Waals surface area contributed by atoms with Crippen molar-refractivity contribution < 1.29 is 9.72 Å². The second-order valence-electron chi connectivity index (χ2n) is 4.59. The summed E-state index contributed by atoms with van der Waals surface area (Å²) < 4.78 is 1.88. The summed E-state index contributed by atoms with van der Waals surface area (Å²) in [6.07, 6.45) is 1.62. The van der Waals surface area contributed by atoms with Crippen LogP contribution in [0.4, 0.5) is 5.69 Å². The molecule has 0 saturated heterocycles. The smallest absolute Gasteiger partial charge is 0.270 e. The number of nitrogens with zero attached hydrogens (tertiary/aromatic N) is 5. The summed E-state index contributed by atoms with van der Waals surface area (Å²) >= 11 is 5.98. The van der Waals surface area contributed by atoms with Crippen molar-refractivity contribution in [1.29, 1.82) is 0 Å².